The van der Waals surface area contributed by atoms with Crippen molar-refractivity contribution >= 4 is 21.8 Å². The van der Waals surface area contributed by atoms with E-state index in [1.165, 1.54) is 11.7 Å². The van der Waals surface area contributed by atoms with Crippen molar-refractivity contribution in [3.63, 3.8) is 0 Å². The molecule has 0 aliphatic rings. The van der Waals surface area contributed by atoms with Crippen molar-refractivity contribution in [3.05, 3.63) is 71.4 Å². The van der Waals surface area contributed by atoms with Gasteiger partial charge in [-0.2, -0.15) is 0 Å². The zero-order valence-corrected chi connectivity index (χ0v) is 11.1. The molecule has 100 valence electrons. The fraction of sp³-hybridized carbons (Fsp3) is 0. The van der Waals surface area contributed by atoms with Crippen LogP contribution >= 0.6 is 0 Å². The highest BCUT2D eigenvalue weighted by Crippen LogP contribution is 2.27. The van der Waals surface area contributed by atoms with Gasteiger partial charge in [-0.1, -0.05) is 36.4 Å². The van der Waals surface area contributed by atoms with Crippen molar-refractivity contribution in [2.75, 3.05) is 0 Å². The Bertz CT molecular complexity index is 1020. The molecule has 4 nitrogen and oxygen atoms in total. The second-order valence-electron chi connectivity index (χ2n) is 4.85. The van der Waals surface area contributed by atoms with Crippen molar-refractivity contribution in [2.24, 2.45) is 0 Å². The second kappa shape index (κ2) is 4.52. The Morgan fingerprint density at radius 1 is 0.905 bits per heavy atom. The molecular formula is C17H11N3O. The van der Waals surface area contributed by atoms with E-state index in [1.807, 2.05) is 24.3 Å². The number of pyridine rings is 1. The smallest absolute Gasteiger partial charge is 0.260 e. The Kier molecular flexibility index (Phi) is 2.54. The lowest BCUT2D eigenvalue weighted by atomic mass is 10.00. The van der Waals surface area contributed by atoms with Gasteiger partial charge in [-0.15, -0.1) is 0 Å². The van der Waals surface area contributed by atoms with E-state index >= 15 is 0 Å². The average molecular weight is 273 g/mol. The van der Waals surface area contributed by atoms with Crippen LogP contribution < -0.4 is 5.56 Å². The van der Waals surface area contributed by atoms with Crippen LogP contribution in [0.15, 0.2) is 65.8 Å². The lowest BCUT2D eigenvalue weighted by molar-refractivity contribution is 1.14. The summed E-state index contributed by atoms with van der Waals surface area (Å²) < 4.78 is 0. The van der Waals surface area contributed by atoms with Crippen molar-refractivity contribution in [3.8, 4) is 11.1 Å². The molecule has 0 radical (unpaired) electrons. The summed E-state index contributed by atoms with van der Waals surface area (Å²) in [5, 5.41) is 2.84. The molecule has 1 N–H and O–H groups in total. The predicted molar refractivity (Wildman–Crippen MR) is 83.1 cm³/mol. The fourth-order valence-electron chi connectivity index (χ4n) is 2.59. The molecule has 0 amide bonds. The molecule has 0 aliphatic carbocycles. The molecule has 2 aromatic carbocycles. The molecule has 0 saturated heterocycles. The van der Waals surface area contributed by atoms with Gasteiger partial charge in [0, 0.05) is 6.20 Å². The van der Waals surface area contributed by atoms with Gasteiger partial charge in [0.2, 0.25) is 0 Å². The number of hydrogen-bond acceptors (Lipinski definition) is 3. The minimum absolute atomic E-state index is 0.170. The van der Waals surface area contributed by atoms with E-state index in [1.54, 1.807) is 6.20 Å². The van der Waals surface area contributed by atoms with Gasteiger partial charge in [0.25, 0.3) is 5.56 Å². The number of rotatable bonds is 1. The Balaban J connectivity index is 2.06. The number of benzene rings is 2. The molecule has 2 aromatic heterocycles. The third kappa shape index (κ3) is 1.89. The number of hydrogen-bond donors (Lipinski definition) is 1. The van der Waals surface area contributed by atoms with Gasteiger partial charge in [0.05, 0.1) is 11.7 Å². The van der Waals surface area contributed by atoms with E-state index in [0.29, 0.717) is 11.0 Å². The van der Waals surface area contributed by atoms with Crippen LogP contribution in [0.5, 0.6) is 0 Å². The highest BCUT2D eigenvalue weighted by molar-refractivity contribution is 5.95. The summed E-state index contributed by atoms with van der Waals surface area (Å²) in [6.45, 7) is 0. The van der Waals surface area contributed by atoms with Gasteiger partial charge in [-0.3, -0.25) is 4.79 Å². The SMILES string of the molecule is O=c1[nH]cnc2nccc(-c3ccc4ccccc4c3)c12. The van der Waals surface area contributed by atoms with Crippen LogP contribution in [0.2, 0.25) is 0 Å². The highest BCUT2D eigenvalue weighted by atomic mass is 16.1. The number of nitrogens with one attached hydrogen (secondary N) is 1. The van der Waals surface area contributed by atoms with Crippen LogP contribution in [0.4, 0.5) is 0 Å². The summed E-state index contributed by atoms with van der Waals surface area (Å²) in [6.07, 6.45) is 3.06. The summed E-state index contributed by atoms with van der Waals surface area (Å²) in [7, 11) is 0. The van der Waals surface area contributed by atoms with Crippen LogP contribution in [0.1, 0.15) is 0 Å². The lowest BCUT2D eigenvalue weighted by Crippen LogP contribution is -2.08. The average Bonchev–Trinajstić information content (AvgIpc) is 2.54. The minimum atomic E-state index is -0.170. The maximum atomic E-state index is 12.1. The molecule has 0 saturated carbocycles. The van der Waals surface area contributed by atoms with Gasteiger partial charge < -0.3 is 4.98 Å². The molecule has 4 aromatic rings. The van der Waals surface area contributed by atoms with E-state index in [9.17, 15) is 4.79 Å². The van der Waals surface area contributed by atoms with Crippen LogP contribution in [-0.2, 0) is 0 Å². The van der Waals surface area contributed by atoms with Gasteiger partial charge >= 0.3 is 0 Å². The monoisotopic (exact) mass is 273 g/mol. The molecule has 4 heteroatoms. The Morgan fingerprint density at radius 2 is 1.76 bits per heavy atom. The zero-order valence-electron chi connectivity index (χ0n) is 11.1. The standard InChI is InChI=1S/C17H11N3O/c21-17-15-14(7-8-18-16(15)19-10-20-17)13-6-5-11-3-1-2-4-12(11)9-13/h1-10H,(H,18,19,20,21). The predicted octanol–water partition coefficient (Wildman–Crippen LogP) is 3.14. The summed E-state index contributed by atoms with van der Waals surface area (Å²) >= 11 is 0. The third-order valence-electron chi connectivity index (χ3n) is 3.60. The summed E-state index contributed by atoms with van der Waals surface area (Å²) in [4.78, 5) is 23.0. The summed E-state index contributed by atoms with van der Waals surface area (Å²) in [5.74, 6) is 0. The molecule has 2 heterocycles. The van der Waals surface area contributed by atoms with Gasteiger partial charge in [0.1, 0.15) is 0 Å². The first-order chi connectivity index (χ1) is 10.3. The molecule has 0 unspecified atom stereocenters. The Hall–Kier alpha value is -3.01. The van der Waals surface area contributed by atoms with Crippen molar-refractivity contribution in [2.45, 2.75) is 0 Å². The summed E-state index contributed by atoms with van der Waals surface area (Å²) in [6, 6.07) is 16.2. The van der Waals surface area contributed by atoms with Gasteiger partial charge in [-0.25, -0.2) is 9.97 Å². The van der Waals surface area contributed by atoms with Crippen LogP contribution in [-0.4, -0.2) is 15.0 Å². The number of nitrogens with zero attached hydrogens (tertiary/aromatic N) is 2. The molecule has 0 bridgehead atoms. The first kappa shape index (κ1) is 11.8. The van der Waals surface area contributed by atoms with E-state index in [-0.39, 0.29) is 5.56 Å². The lowest BCUT2D eigenvalue weighted by Gasteiger charge is -2.06. The third-order valence-corrected chi connectivity index (χ3v) is 3.60. The maximum Gasteiger partial charge on any atom is 0.260 e. The van der Waals surface area contributed by atoms with Crippen molar-refractivity contribution in [1.29, 1.82) is 0 Å². The second-order valence-corrected chi connectivity index (χ2v) is 4.85. The van der Waals surface area contributed by atoms with Gasteiger partial charge in [0.15, 0.2) is 5.65 Å². The van der Waals surface area contributed by atoms with Gasteiger partial charge in [-0.05, 0) is 34.0 Å². The quantitative estimate of drug-likeness (QED) is 0.579. The molecule has 21 heavy (non-hydrogen) atoms. The number of aromatic nitrogens is 3. The molecule has 0 spiro atoms. The summed E-state index contributed by atoms with van der Waals surface area (Å²) in [5.41, 5.74) is 2.13. The zero-order chi connectivity index (χ0) is 14.2. The fourth-order valence-corrected chi connectivity index (χ4v) is 2.59. The first-order valence-corrected chi connectivity index (χ1v) is 6.64. The number of fused-ring (bicyclic) bond motifs is 2. The topological polar surface area (TPSA) is 58.6 Å². The molecular weight excluding hydrogens is 262 g/mol. The first-order valence-electron chi connectivity index (χ1n) is 6.64. The molecule has 0 atom stereocenters. The van der Waals surface area contributed by atoms with E-state index in [4.69, 9.17) is 0 Å². The van der Waals surface area contributed by atoms with E-state index in [2.05, 4.69) is 39.2 Å². The molecule has 0 fully saturated rings. The number of H-pyrrole nitrogens is 1. The van der Waals surface area contributed by atoms with Crippen molar-refractivity contribution < 1.29 is 0 Å². The number of aromatic amines is 1. The Labute approximate surface area is 120 Å². The highest BCUT2D eigenvalue weighted by Gasteiger charge is 2.09. The van der Waals surface area contributed by atoms with Crippen LogP contribution in [0.25, 0.3) is 32.9 Å². The largest absolute Gasteiger partial charge is 0.312 e. The van der Waals surface area contributed by atoms with E-state index < -0.39 is 0 Å². The van der Waals surface area contributed by atoms with Crippen LogP contribution in [0, 0.1) is 0 Å². The van der Waals surface area contributed by atoms with Crippen LogP contribution in [0.3, 0.4) is 0 Å². The van der Waals surface area contributed by atoms with Crippen molar-refractivity contribution in [1.82, 2.24) is 15.0 Å². The minimum Gasteiger partial charge on any atom is -0.312 e. The molecule has 4 rings (SSSR count). The maximum absolute atomic E-state index is 12.1. The van der Waals surface area contributed by atoms with E-state index in [0.717, 1.165) is 16.5 Å². The normalized spacial score (nSPS) is 11.0. The molecule has 0 aliphatic heterocycles. The Morgan fingerprint density at radius 3 is 2.67 bits per heavy atom.